The molecule has 1 amide bonds. The number of nitrogens with one attached hydrogen (secondary N) is 1. The summed E-state index contributed by atoms with van der Waals surface area (Å²) in [6.07, 6.45) is 0. The molecule has 0 heterocycles. The van der Waals surface area contributed by atoms with E-state index in [0.717, 1.165) is 0 Å². The van der Waals surface area contributed by atoms with Gasteiger partial charge in [-0.1, -0.05) is 0 Å². The number of rotatable bonds is 5. The van der Waals surface area contributed by atoms with Gasteiger partial charge in [-0.3, -0.25) is 14.9 Å². The first-order chi connectivity index (χ1) is 9.24. The molecular weight excluding hydrogens is 262 g/mol. The number of nitrogens with zero attached hydrogens (tertiary/aromatic N) is 2. The van der Waals surface area contributed by atoms with Gasteiger partial charge in [-0.05, 0) is 26.0 Å². The summed E-state index contributed by atoms with van der Waals surface area (Å²) in [4.78, 5) is 23.8. The molecule has 7 nitrogen and oxygen atoms in total. The van der Waals surface area contributed by atoms with Crippen LogP contribution in [0.4, 0.5) is 11.4 Å². The van der Waals surface area contributed by atoms with E-state index in [1.165, 1.54) is 25.2 Å². The van der Waals surface area contributed by atoms with E-state index in [2.05, 4.69) is 5.32 Å². The van der Waals surface area contributed by atoms with Crippen molar-refractivity contribution in [2.45, 2.75) is 19.4 Å². The van der Waals surface area contributed by atoms with Gasteiger partial charge in [-0.15, -0.1) is 0 Å². The predicted octanol–water partition coefficient (Wildman–Crippen LogP) is 1.16. The fourth-order valence-electron chi connectivity index (χ4n) is 1.67. The van der Waals surface area contributed by atoms with E-state index in [9.17, 15) is 20.0 Å². The number of amides is 1. The Labute approximate surface area is 117 Å². The Morgan fingerprint density at radius 3 is 2.55 bits per heavy atom. The summed E-state index contributed by atoms with van der Waals surface area (Å²) in [5.41, 5.74) is -0.255. The van der Waals surface area contributed by atoms with Crippen LogP contribution in [0.2, 0.25) is 0 Å². The number of nitro benzene ring substituents is 1. The molecule has 0 bridgehead atoms. The molecule has 0 spiro atoms. The minimum Gasteiger partial charge on any atom is -0.394 e. The molecule has 1 rings (SSSR count). The Bertz CT molecular complexity index is 528. The van der Waals surface area contributed by atoms with Gasteiger partial charge in [0.15, 0.2) is 0 Å². The lowest BCUT2D eigenvalue weighted by atomic mass is 10.0. The number of aliphatic hydroxyl groups is 1. The number of carbonyl (C=O) groups excluding carboxylic acids is 1. The highest BCUT2D eigenvalue weighted by Crippen LogP contribution is 2.32. The van der Waals surface area contributed by atoms with Crippen LogP contribution in [-0.4, -0.2) is 42.2 Å². The highest BCUT2D eigenvalue weighted by molar-refractivity contribution is 5.95. The van der Waals surface area contributed by atoms with Crippen molar-refractivity contribution in [1.82, 2.24) is 5.32 Å². The van der Waals surface area contributed by atoms with Crippen molar-refractivity contribution in [2.75, 3.05) is 25.6 Å². The Kier molecular flexibility index (Phi) is 4.67. The molecule has 0 saturated carbocycles. The lowest BCUT2D eigenvalue weighted by Crippen LogP contribution is -2.44. The number of hydrogen-bond acceptors (Lipinski definition) is 5. The van der Waals surface area contributed by atoms with Crippen molar-refractivity contribution < 1.29 is 14.8 Å². The van der Waals surface area contributed by atoms with Crippen LogP contribution in [0.3, 0.4) is 0 Å². The molecule has 1 aromatic rings. The van der Waals surface area contributed by atoms with Gasteiger partial charge in [0.1, 0.15) is 5.69 Å². The van der Waals surface area contributed by atoms with E-state index < -0.39 is 10.5 Å². The van der Waals surface area contributed by atoms with E-state index >= 15 is 0 Å². The first-order valence-electron chi connectivity index (χ1n) is 6.10. The molecule has 0 unspecified atom stereocenters. The maximum Gasteiger partial charge on any atom is 0.293 e. The average molecular weight is 281 g/mol. The minimum absolute atomic E-state index is 0.155. The van der Waals surface area contributed by atoms with Crippen molar-refractivity contribution in [3.05, 3.63) is 33.9 Å². The Morgan fingerprint density at radius 1 is 1.50 bits per heavy atom. The fraction of sp³-hybridized carbons (Fsp3) is 0.462. The zero-order valence-electron chi connectivity index (χ0n) is 12.0. The predicted molar refractivity (Wildman–Crippen MR) is 76.1 cm³/mol. The lowest BCUT2D eigenvalue weighted by molar-refractivity contribution is -0.384. The molecule has 1 aromatic carbocycles. The third kappa shape index (κ3) is 3.05. The molecular formula is C13H19N3O4. The van der Waals surface area contributed by atoms with Crippen LogP contribution in [0.1, 0.15) is 24.2 Å². The molecule has 0 fully saturated rings. The number of likely N-dealkylation sites (N-methyl/N-ethyl adjacent to an activating group) is 1. The van der Waals surface area contributed by atoms with Crippen LogP contribution < -0.4 is 10.2 Å². The molecule has 0 aliphatic carbocycles. The van der Waals surface area contributed by atoms with Crippen molar-refractivity contribution in [3.8, 4) is 0 Å². The quantitative estimate of drug-likeness (QED) is 0.623. The third-order valence-electron chi connectivity index (χ3n) is 3.32. The molecule has 7 heteroatoms. The molecule has 0 aliphatic rings. The second-order valence-electron chi connectivity index (χ2n) is 5.07. The molecule has 110 valence electrons. The molecule has 0 radical (unpaired) electrons. The maximum absolute atomic E-state index is 11.5. The molecule has 20 heavy (non-hydrogen) atoms. The first kappa shape index (κ1) is 15.9. The van der Waals surface area contributed by atoms with Crippen molar-refractivity contribution in [2.24, 2.45) is 0 Å². The van der Waals surface area contributed by atoms with E-state index in [1.54, 1.807) is 25.8 Å². The second-order valence-corrected chi connectivity index (χ2v) is 5.07. The molecule has 0 atom stereocenters. The number of nitro groups is 1. The Hall–Kier alpha value is -2.15. The highest BCUT2D eigenvalue weighted by atomic mass is 16.6. The van der Waals surface area contributed by atoms with E-state index in [0.29, 0.717) is 5.69 Å². The van der Waals surface area contributed by atoms with Crippen LogP contribution in [0, 0.1) is 10.1 Å². The van der Waals surface area contributed by atoms with Gasteiger partial charge in [0.2, 0.25) is 0 Å². The monoisotopic (exact) mass is 281 g/mol. The van der Waals surface area contributed by atoms with Gasteiger partial charge in [0, 0.05) is 25.7 Å². The average Bonchev–Trinajstić information content (AvgIpc) is 2.44. The Balaban J connectivity index is 3.34. The smallest absolute Gasteiger partial charge is 0.293 e. The number of benzene rings is 1. The number of anilines is 1. The maximum atomic E-state index is 11.5. The van der Waals surface area contributed by atoms with E-state index in [-0.39, 0.29) is 23.8 Å². The van der Waals surface area contributed by atoms with Crippen LogP contribution in [0.15, 0.2) is 18.2 Å². The molecule has 0 aromatic heterocycles. The van der Waals surface area contributed by atoms with Gasteiger partial charge >= 0.3 is 0 Å². The van der Waals surface area contributed by atoms with Gasteiger partial charge in [0.05, 0.1) is 17.1 Å². The standard InChI is InChI=1S/C13H19N3O4/c1-13(2,8-17)15(4)10-6-5-9(12(18)14-3)7-11(10)16(19)20/h5-7,17H,8H2,1-4H3,(H,14,18). The summed E-state index contributed by atoms with van der Waals surface area (Å²) >= 11 is 0. The van der Waals surface area contributed by atoms with Gasteiger partial charge in [0.25, 0.3) is 11.6 Å². The van der Waals surface area contributed by atoms with Gasteiger partial charge in [-0.2, -0.15) is 0 Å². The molecule has 0 saturated heterocycles. The van der Waals surface area contributed by atoms with Gasteiger partial charge < -0.3 is 15.3 Å². The van der Waals surface area contributed by atoms with E-state index in [4.69, 9.17) is 0 Å². The minimum atomic E-state index is -0.653. The van der Waals surface area contributed by atoms with Crippen molar-refractivity contribution in [1.29, 1.82) is 0 Å². The van der Waals surface area contributed by atoms with Crippen LogP contribution in [-0.2, 0) is 0 Å². The zero-order chi connectivity index (χ0) is 15.5. The normalized spacial score (nSPS) is 11.1. The fourth-order valence-corrected chi connectivity index (χ4v) is 1.67. The Morgan fingerprint density at radius 2 is 2.10 bits per heavy atom. The summed E-state index contributed by atoms with van der Waals surface area (Å²) in [5.74, 6) is -0.385. The summed E-state index contributed by atoms with van der Waals surface area (Å²) in [5, 5.41) is 23.0. The molecule has 2 N–H and O–H groups in total. The number of aliphatic hydroxyl groups excluding tert-OH is 1. The summed E-state index contributed by atoms with van der Waals surface area (Å²) < 4.78 is 0. The van der Waals surface area contributed by atoms with Crippen LogP contribution >= 0.6 is 0 Å². The lowest BCUT2D eigenvalue weighted by Gasteiger charge is -2.35. The van der Waals surface area contributed by atoms with Crippen LogP contribution in [0.25, 0.3) is 0 Å². The largest absolute Gasteiger partial charge is 0.394 e. The number of hydrogen-bond donors (Lipinski definition) is 2. The van der Waals surface area contributed by atoms with Crippen molar-refractivity contribution in [3.63, 3.8) is 0 Å². The first-order valence-corrected chi connectivity index (χ1v) is 6.10. The summed E-state index contributed by atoms with van der Waals surface area (Å²) in [6.45, 7) is 3.38. The summed E-state index contributed by atoms with van der Waals surface area (Å²) in [7, 11) is 3.13. The second kappa shape index (κ2) is 5.87. The zero-order valence-corrected chi connectivity index (χ0v) is 12.0. The van der Waals surface area contributed by atoms with Gasteiger partial charge in [-0.25, -0.2) is 0 Å². The van der Waals surface area contributed by atoms with Crippen molar-refractivity contribution >= 4 is 17.3 Å². The number of carbonyl (C=O) groups is 1. The highest BCUT2D eigenvalue weighted by Gasteiger charge is 2.28. The summed E-state index contributed by atoms with van der Waals surface area (Å²) in [6, 6.07) is 4.27. The topological polar surface area (TPSA) is 95.7 Å². The van der Waals surface area contributed by atoms with Crippen LogP contribution in [0.5, 0.6) is 0 Å². The third-order valence-corrected chi connectivity index (χ3v) is 3.32. The SMILES string of the molecule is CNC(=O)c1ccc(N(C)C(C)(C)CO)c([N+](=O)[O-])c1. The molecule has 0 aliphatic heterocycles. The van der Waals surface area contributed by atoms with E-state index in [1.807, 2.05) is 0 Å².